The molecule has 0 spiro atoms. The predicted molar refractivity (Wildman–Crippen MR) is 71.8 cm³/mol. The number of aromatic nitrogens is 2. The van der Waals surface area contributed by atoms with Crippen LogP contribution in [0, 0.1) is 0 Å². The van der Waals surface area contributed by atoms with E-state index in [1.54, 1.807) is 18.5 Å². The third-order valence-corrected chi connectivity index (χ3v) is 2.74. The van der Waals surface area contributed by atoms with Crippen molar-refractivity contribution in [1.82, 2.24) is 9.55 Å². The Balaban J connectivity index is 1.98. The number of imidazole rings is 1. The van der Waals surface area contributed by atoms with Crippen molar-refractivity contribution in [2.45, 2.75) is 32.3 Å². The third-order valence-electron chi connectivity index (χ3n) is 2.74. The topological polar surface area (TPSA) is 53.1 Å². The summed E-state index contributed by atoms with van der Waals surface area (Å²) < 4.78 is 41.8. The molecule has 0 amide bonds. The first-order valence-corrected chi connectivity index (χ1v) is 6.43. The molecule has 7 heteroatoms. The summed E-state index contributed by atoms with van der Waals surface area (Å²) in [4.78, 5) is 4.23. The average Bonchev–Trinajstić information content (AvgIpc) is 2.76. The minimum absolute atomic E-state index is 0.0344. The molecule has 0 aliphatic heterocycles. The summed E-state index contributed by atoms with van der Waals surface area (Å²) >= 11 is 0. The SMILES string of the molecule is CC(N)Cc1cn(Cc2ccc(OC(F)(F)F)cc2)cn1. The normalized spacial score (nSPS) is 13.2. The smallest absolute Gasteiger partial charge is 0.406 e. The van der Waals surface area contributed by atoms with Crippen LogP contribution in [-0.2, 0) is 13.0 Å². The Kier molecular flexibility index (Phi) is 4.52. The van der Waals surface area contributed by atoms with Gasteiger partial charge in [0.1, 0.15) is 5.75 Å². The van der Waals surface area contributed by atoms with Crippen LogP contribution in [0.1, 0.15) is 18.2 Å². The Morgan fingerprint density at radius 2 is 1.95 bits per heavy atom. The largest absolute Gasteiger partial charge is 0.573 e. The highest BCUT2D eigenvalue weighted by Crippen LogP contribution is 2.22. The van der Waals surface area contributed by atoms with Crippen molar-refractivity contribution in [2.75, 3.05) is 0 Å². The van der Waals surface area contributed by atoms with E-state index >= 15 is 0 Å². The van der Waals surface area contributed by atoms with Crippen LogP contribution < -0.4 is 10.5 Å². The van der Waals surface area contributed by atoms with Crippen molar-refractivity contribution in [3.8, 4) is 5.75 Å². The van der Waals surface area contributed by atoms with Crippen LogP contribution in [0.15, 0.2) is 36.8 Å². The molecule has 4 nitrogen and oxygen atoms in total. The molecule has 0 radical (unpaired) electrons. The van der Waals surface area contributed by atoms with Gasteiger partial charge in [0.2, 0.25) is 0 Å². The molecular weight excluding hydrogens is 283 g/mol. The van der Waals surface area contributed by atoms with E-state index in [-0.39, 0.29) is 11.8 Å². The third kappa shape index (κ3) is 5.11. The van der Waals surface area contributed by atoms with Gasteiger partial charge in [-0.25, -0.2) is 4.98 Å². The zero-order valence-electron chi connectivity index (χ0n) is 11.5. The number of rotatable bonds is 5. The Morgan fingerprint density at radius 1 is 1.29 bits per heavy atom. The van der Waals surface area contributed by atoms with E-state index in [4.69, 9.17) is 5.73 Å². The molecule has 114 valence electrons. The fourth-order valence-electron chi connectivity index (χ4n) is 1.94. The quantitative estimate of drug-likeness (QED) is 0.923. The highest BCUT2D eigenvalue weighted by molar-refractivity contribution is 5.27. The lowest BCUT2D eigenvalue weighted by Gasteiger charge is -2.09. The molecule has 1 aromatic carbocycles. The maximum atomic E-state index is 12.1. The van der Waals surface area contributed by atoms with Crippen molar-refractivity contribution < 1.29 is 17.9 Å². The number of hydrogen-bond donors (Lipinski definition) is 1. The molecule has 2 rings (SSSR count). The van der Waals surface area contributed by atoms with Crippen LogP contribution in [-0.4, -0.2) is 22.0 Å². The number of halogens is 3. The van der Waals surface area contributed by atoms with Gasteiger partial charge in [0.05, 0.1) is 12.0 Å². The molecule has 2 aromatic rings. The van der Waals surface area contributed by atoms with Crippen LogP contribution >= 0.6 is 0 Å². The van der Waals surface area contributed by atoms with Crippen molar-refractivity contribution in [3.05, 3.63) is 48.0 Å². The molecule has 0 fully saturated rings. The maximum Gasteiger partial charge on any atom is 0.573 e. The van der Waals surface area contributed by atoms with Crippen LogP contribution in [0.5, 0.6) is 5.75 Å². The summed E-state index contributed by atoms with van der Waals surface area (Å²) in [6.07, 6.45) is -0.424. The second kappa shape index (κ2) is 6.17. The first kappa shape index (κ1) is 15.4. The minimum Gasteiger partial charge on any atom is -0.406 e. The molecule has 1 heterocycles. The molecule has 0 saturated heterocycles. The molecule has 0 bridgehead atoms. The Bertz CT molecular complexity index is 576. The van der Waals surface area contributed by atoms with Crippen molar-refractivity contribution >= 4 is 0 Å². The lowest BCUT2D eigenvalue weighted by atomic mass is 10.2. The Hall–Kier alpha value is -2.02. The monoisotopic (exact) mass is 299 g/mol. The minimum atomic E-state index is -4.67. The number of nitrogens with zero attached hydrogens (tertiary/aromatic N) is 2. The van der Waals surface area contributed by atoms with E-state index in [0.29, 0.717) is 13.0 Å². The molecule has 2 N–H and O–H groups in total. The summed E-state index contributed by atoms with van der Waals surface area (Å²) in [6, 6.07) is 5.80. The van der Waals surface area contributed by atoms with E-state index in [1.165, 1.54) is 12.1 Å². The number of benzene rings is 1. The Morgan fingerprint density at radius 3 is 2.52 bits per heavy atom. The van der Waals surface area contributed by atoms with Crippen molar-refractivity contribution in [2.24, 2.45) is 5.73 Å². The molecule has 0 aliphatic rings. The van der Waals surface area contributed by atoms with E-state index in [1.807, 2.05) is 17.7 Å². The van der Waals surface area contributed by atoms with E-state index in [2.05, 4.69) is 9.72 Å². The van der Waals surface area contributed by atoms with Gasteiger partial charge in [-0.1, -0.05) is 12.1 Å². The zero-order chi connectivity index (χ0) is 15.5. The molecule has 0 saturated carbocycles. The van der Waals surface area contributed by atoms with Crippen LogP contribution in [0.2, 0.25) is 0 Å². The number of ether oxygens (including phenoxy) is 1. The predicted octanol–water partition coefficient (Wildman–Crippen LogP) is 2.72. The zero-order valence-corrected chi connectivity index (χ0v) is 11.5. The van der Waals surface area contributed by atoms with E-state index in [0.717, 1.165) is 11.3 Å². The van der Waals surface area contributed by atoms with Gasteiger partial charge in [0, 0.05) is 25.2 Å². The summed E-state index contributed by atoms with van der Waals surface area (Å²) in [5, 5.41) is 0. The van der Waals surface area contributed by atoms with Gasteiger partial charge in [-0.2, -0.15) is 0 Å². The van der Waals surface area contributed by atoms with E-state index in [9.17, 15) is 13.2 Å². The van der Waals surface area contributed by atoms with Crippen LogP contribution in [0.25, 0.3) is 0 Å². The summed E-state index contributed by atoms with van der Waals surface area (Å²) in [6.45, 7) is 2.43. The van der Waals surface area contributed by atoms with Gasteiger partial charge in [0.25, 0.3) is 0 Å². The first-order chi connectivity index (χ1) is 9.82. The second-order valence-electron chi connectivity index (χ2n) is 4.91. The van der Waals surface area contributed by atoms with Gasteiger partial charge in [-0.05, 0) is 24.6 Å². The van der Waals surface area contributed by atoms with Gasteiger partial charge in [0.15, 0.2) is 0 Å². The fraction of sp³-hybridized carbons (Fsp3) is 0.357. The number of hydrogen-bond acceptors (Lipinski definition) is 3. The lowest BCUT2D eigenvalue weighted by molar-refractivity contribution is -0.274. The molecule has 1 aromatic heterocycles. The second-order valence-corrected chi connectivity index (χ2v) is 4.91. The van der Waals surface area contributed by atoms with Crippen LogP contribution in [0.4, 0.5) is 13.2 Å². The summed E-state index contributed by atoms with van der Waals surface area (Å²) in [7, 11) is 0. The molecule has 21 heavy (non-hydrogen) atoms. The summed E-state index contributed by atoms with van der Waals surface area (Å²) in [5.74, 6) is -0.227. The summed E-state index contributed by atoms with van der Waals surface area (Å²) in [5.41, 5.74) is 7.44. The Labute approximate surface area is 120 Å². The highest BCUT2D eigenvalue weighted by Gasteiger charge is 2.30. The fourth-order valence-corrected chi connectivity index (χ4v) is 1.94. The van der Waals surface area contributed by atoms with Crippen molar-refractivity contribution in [3.63, 3.8) is 0 Å². The van der Waals surface area contributed by atoms with Gasteiger partial charge >= 0.3 is 6.36 Å². The van der Waals surface area contributed by atoms with E-state index < -0.39 is 6.36 Å². The lowest BCUT2D eigenvalue weighted by Crippen LogP contribution is -2.17. The first-order valence-electron chi connectivity index (χ1n) is 6.43. The number of nitrogens with two attached hydrogens (primary N) is 1. The standard InChI is InChI=1S/C14H16F3N3O/c1-10(18)6-12-8-20(9-19-12)7-11-2-4-13(5-3-11)21-14(15,16)17/h2-5,8-10H,6-7,18H2,1H3. The van der Waals surface area contributed by atoms with Gasteiger partial charge < -0.3 is 15.0 Å². The van der Waals surface area contributed by atoms with Crippen LogP contribution in [0.3, 0.4) is 0 Å². The molecule has 0 aliphatic carbocycles. The molecule has 1 unspecified atom stereocenters. The molecule has 1 atom stereocenters. The molecular formula is C14H16F3N3O. The van der Waals surface area contributed by atoms with Gasteiger partial charge in [-0.3, -0.25) is 0 Å². The average molecular weight is 299 g/mol. The highest BCUT2D eigenvalue weighted by atomic mass is 19.4. The van der Waals surface area contributed by atoms with Crippen molar-refractivity contribution in [1.29, 1.82) is 0 Å². The van der Waals surface area contributed by atoms with Gasteiger partial charge in [-0.15, -0.1) is 13.2 Å². The number of alkyl halides is 3. The maximum absolute atomic E-state index is 12.1.